The topological polar surface area (TPSA) is 34.5 Å². The quantitative estimate of drug-likeness (QED) is 0.811. The van der Waals surface area contributed by atoms with Crippen LogP contribution in [-0.2, 0) is 11.3 Å². The summed E-state index contributed by atoms with van der Waals surface area (Å²) in [7, 11) is 0. The molecular formula is C16H22N2O2. The third-order valence-corrected chi connectivity index (χ3v) is 3.50. The van der Waals surface area contributed by atoms with E-state index in [1.54, 1.807) is 0 Å². The van der Waals surface area contributed by atoms with Crippen molar-refractivity contribution in [3.05, 3.63) is 30.5 Å². The Hall–Kier alpha value is -1.97. The van der Waals surface area contributed by atoms with Crippen LogP contribution in [0.5, 0.6) is 5.75 Å². The first-order valence-electron chi connectivity index (χ1n) is 7.19. The van der Waals surface area contributed by atoms with E-state index in [1.807, 2.05) is 60.7 Å². The number of carbonyl (C=O) groups excluding carboxylic acids is 1. The van der Waals surface area contributed by atoms with Crippen LogP contribution in [0.3, 0.4) is 0 Å². The fourth-order valence-electron chi connectivity index (χ4n) is 2.44. The van der Waals surface area contributed by atoms with Crippen molar-refractivity contribution in [1.29, 1.82) is 0 Å². The van der Waals surface area contributed by atoms with Gasteiger partial charge in [0, 0.05) is 24.7 Å². The molecule has 0 spiro atoms. The lowest BCUT2D eigenvalue weighted by atomic mass is 10.2. The predicted molar refractivity (Wildman–Crippen MR) is 81.0 cm³/mol. The van der Waals surface area contributed by atoms with Crippen LogP contribution in [-0.4, -0.2) is 35.1 Å². The molecule has 1 heterocycles. The smallest absolute Gasteiger partial charge is 0.242 e. The van der Waals surface area contributed by atoms with Gasteiger partial charge in [-0.3, -0.25) is 4.79 Å². The van der Waals surface area contributed by atoms with Crippen LogP contribution in [0.1, 0.15) is 20.8 Å². The number of likely N-dealkylation sites (N-methyl/N-ethyl adjacent to an activating group) is 1. The van der Waals surface area contributed by atoms with Gasteiger partial charge in [-0.2, -0.15) is 0 Å². The van der Waals surface area contributed by atoms with E-state index in [0.29, 0.717) is 13.2 Å². The number of aromatic nitrogens is 1. The molecule has 0 atom stereocenters. The first kappa shape index (κ1) is 14.4. The summed E-state index contributed by atoms with van der Waals surface area (Å²) < 4.78 is 7.60. The molecule has 0 bridgehead atoms. The molecule has 0 N–H and O–H groups in total. The average molecular weight is 274 g/mol. The average Bonchev–Trinajstić information content (AvgIpc) is 2.85. The maximum Gasteiger partial charge on any atom is 0.242 e. The lowest BCUT2D eigenvalue weighted by molar-refractivity contribution is -0.131. The Bertz CT molecular complexity index is 585. The summed E-state index contributed by atoms with van der Waals surface area (Å²) >= 11 is 0. The zero-order chi connectivity index (χ0) is 14.5. The highest BCUT2D eigenvalue weighted by Gasteiger charge is 2.12. The van der Waals surface area contributed by atoms with Crippen LogP contribution in [0.4, 0.5) is 0 Å². The van der Waals surface area contributed by atoms with Gasteiger partial charge in [0.05, 0.1) is 12.1 Å². The van der Waals surface area contributed by atoms with Gasteiger partial charge in [0.1, 0.15) is 12.3 Å². The summed E-state index contributed by atoms with van der Waals surface area (Å²) in [6.45, 7) is 8.49. The Kier molecular flexibility index (Phi) is 4.66. The number of ether oxygens (including phenoxy) is 1. The number of nitrogens with zero attached hydrogens (tertiary/aromatic N) is 2. The van der Waals surface area contributed by atoms with Crippen molar-refractivity contribution in [3.8, 4) is 5.75 Å². The number of hydrogen-bond donors (Lipinski definition) is 0. The van der Waals surface area contributed by atoms with Crippen molar-refractivity contribution >= 4 is 16.8 Å². The Labute approximate surface area is 119 Å². The second kappa shape index (κ2) is 6.46. The minimum absolute atomic E-state index is 0.148. The molecule has 0 radical (unpaired) electrons. The van der Waals surface area contributed by atoms with E-state index in [0.717, 1.165) is 29.7 Å². The molecule has 1 amide bonds. The van der Waals surface area contributed by atoms with Gasteiger partial charge in [-0.15, -0.1) is 0 Å². The van der Waals surface area contributed by atoms with Crippen LogP contribution in [0.2, 0.25) is 0 Å². The van der Waals surface area contributed by atoms with Crippen molar-refractivity contribution in [1.82, 2.24) is 9.47 Å². The van der Waals surface area contributed by atoms with E-state index in [2.05, 4.69) is 0 Å². The molecule has 0 aliphatic heterocycles. The minimum atomic E-state index is 0.148. The zero-order valence-corrected chi connectivity index (χ0v) is 12.4. The van der Waals surface area contributed by atoms with E-state index >= 15 is 0 Å². The largest absolute Gasteiger partial charge is 0.493 e. The molecule has 0 unspecified atom stereocenters. The second-order valence-electron chi connectivity index (χ2n) is 4.63. The first-order chi connectivity index (χ1) is 9.71. The molecule has 2 aromatic rings. The van der Waals surface area contributed by atoms with E-state index in [-0.39, 0.29) is 5.91 Å². The van der Waals surface area contributed by atoms with Gasteiger partial charge in [0.15, 0.2) is 0 Å². The van der Waals surface area contributed by atoms with Crippen LogP contribution >= 0.6 is 0 Å². The van der Waals surface area contributed by atoms with Gasteiger partial charge in [-0.05, 0) is 39.0 Å². The Morgan fingerprint density at radius 2 is 1.95 bits per heavy atom. The summed E-state index contributed by atoms with van der Waals surface area (Å²) in [6.07, 6.45) is 1.95. The number of benzene rings is 1. The van der Waals surface area contributed by atoms with Gasteiger partial charge < -0.3 is 14.2 Å². The Balaban J connectivity index is 2.28. The standard InChI is InChI=1S/C16H22N2O2/c1-4-17(5-2)16(19)12-18-11-10-13-14(18)8-7-9-15(13)20-6-3/h7-11H,4-6,12H2,1-3H3. The highest BCUT2D eigenvalue weighted by molar-refractivity contribution is 5.88. The van der Waals surface area contributed by atoms with Crippen LogP contribution in [0.15, 0.2) is 30.5 Å². The third-order valence-electron chi connectivity index (χ3n) is 3.50. The highest BCUT2D eigenvalue weighted by atomic mass is 16.5. The zero-order valence-electron chi connectivity index (χ0n) is 12.4. The summed E-state index contributed by atoms with van der Waals surface area (Å²) in [4.78, 5) is 14.0. The number of rotatable bonds is 6. The van der Waals surface area contributed by atoms with Crippen LogP contribution < -0.4 is 4.74 Å². The monoisotopic (exact) mass is 274 g/mol. The SMILES string of the molecule is CCOc1cccc2c1ccn2CC(=O)N(CC)CC. The maximum absolute atomic E-state index is 12.2. The molecule has 1 aromatic heterocycles. The van der Waals surface area contributed by atoms with Gasteiger partial charge >= 0.3 is 0 Å². The van der Waals surface area contributed by atoms with Crippen molar-refractivity contribution in [2.45, 2.75) is 27.3 Å². The first-order valence-corrected chi connectivity index (χ1v) is 7.19. The highest BCUT2D eigenvalue weighted by Crippen LogP contribution is 2.26. The van der Waals surface area contributed by atoms with E-state index in [4.69, 9.17) is 4.74 Å². The normalized spacial score (nSPS) is 10.8. The number of carbonyl (C=O) groups is 1. The summed E-state index contributed by atoms with van der Waals surface area (Å²) in [5, 5.41) is 1.06. The molecule has 0 aliphatic rings. The van der Waals surface area contributed by atoms with Gasteiger partial charge in [0.25, 0.3) is 0 Å². The number of fused-ring (bicyclic) bond motifs is 1. The molecule has 1 aromatic carbocycles. The van der Waals surface area contributed by atoms with Crippen molar-refractivity contribution in [3.63, 3.8) is 0 Å². The van der Waals surface area contributed by atoms with E-state index in [1.165, 1.54) is 0 Å². The number of hydrogen-bond acceptors (Lipinski definition) is 2. The summed E-state index contributed by atoms with van der Waals surface area (Å²) in [5.41, 5.74) is 1.04. The molecule has 0 saturated carbocycles. The lowest BCUT2D eigenvalue weighted by Crippen LogP contribution is -2.33. The molecule has 20 heavy (non-hydrogen) atoms. The Morgan fingerprint density at radius 1 is 1.20 bits per heavy atom. The van der Waals surface area contributed by atoms with E-state index < -0.39 is 0 Å². The molecule has 4 heteroatoms. The molecule has 4 nitrogen and oxygen atoms in total. The molecule has 0 saturated heterocycles. The lowest BCUT2D eigenvalue weighted by Gasteiger charge is -2.19. The van der Waals surface area contributed by atoms with Crippen molar-refractivity contribution < 1.29 is 9.53 Å². The van der Waals surface area contributed by atoms with Crippen molar-refractivity contribution in [2.24, 2.45) is 0 Å². The Morgan fingerprint density at radius 3 is 2.60 bits per heavy atom. The second-order valence-corrected chi connectivity index (χ2v) is 4.63. The summed E-state index contributed by atoms with van der Waals surface area (Å²) in [5.74, 6) is 1.02. The molecule has 0 aliphatic carbocycles. The molecular weight excluding hydrogens is 252 g/mol. The molecule has 108 valence electrons. The van der Waals surface area contributed by atoms with Gasteiger partial charge in [-0.25, -0.2) is 0 Å². The summed E-state index contributed by atoms with van der Waals surface area (Å²) in [6, 6.07) is 7.96. The van der Waals surface area contributed by atoms with Crippen LogP contribution in [0.25, 0.3) is 10.9 Å². The molecule has 2 rings (SSSR count). The van der Waals surface area contributed by atoms with Gasteiger partial charge in [-0.1, -0.05) is 6.07 Å². The van der Waals surface area contributed by atoms with Crippen LogP contribution in [0, 0.1) is 0 Å². The fourth-order valence-corrected chi connectivity index (χ4v) is 2.44. The predicted octanol–water partition coefficient (Wildman–Crippen LogP) is 2.91. The maximum atomic E-state index is 12.2. The minimum Gasteiger partial charge on any atom is -0.493 e. The third kappa shape index (κ3) is 2.79. The van der Waals surface area contributed by atoms with Gasteiger partial charge in [0.2, 0.25) is 5.91 Å². The van der Waals surface area contributed by atoms with Crippen molar-refractivity contribution in [2.75, 3.05) is 19.7 Å². The fraction of sp³-hybridized carbons (Fsp3) is 0.438. The van der Waals surface area contributed by atoms with E-state index in [9.17, 15) is 4.79 Å². The number of amides is 1. The molecule has 0 fully saturated rings.